The smallest absolute Gasteiger partial charge is 0.328 e. The van der Waals surface area contributed by atoms with Gasteiger partial charge in [0.1, 0.15) is 12.6 Å². The molecule has 0 bridgehead atoms. The third-order valence-corrected chi connectivity index (χ3v) is 4.41. The van der Waals surface area contributed by atoms with Gasteiger partial charge in [-0.25, -0.2) is 4.79 Å². The zero-order valence-electron chi connectivity index (χ0n) is 15.5. The lowest BCUT2D eigenvalue weighted by Crippen LogP contribution is -2.45. The molecule has 3 rings (SSSR count). The van der Waals surface area contributed by atoms with E-state index >= 15 is 0 Å². The molecule has 0 saturated carbocycles. The molecule has 29 heavy (non-hydrogen) atoms. The van der Waals surface area contributed by atoms with E-state index in [2.05, 4.69) is 10.3 Å². The molecule has 2 aromatic heterocycles. The van der Waals surface area contributed by atoms with Gasteiger partial charge in [0.15, 0.2) is 0 Å². The number of aromatic amines is 1. The Morgan fingerprint density at radius 3 is 2.76 bits per heavy atom. The molecule has 0 unspecified atom stereocenters. The van der Waals surface area contributed by atoms with Crippen LogP contribution in [0.2, 0.25) is 0 Å². The van der Waals surface area contributed by atoms with Gasteiger partial charge in [0.25, 0.3) is 11.2 Å². The Bertz CT molecular complexity index is 1130. The number of nitro groups is 1. The van der Waals surface area contributed by atoms with Crippen LogP contribution in [0.1, 0.15) is 5.56 Å². The molecular weight excluding hydrogens is 380 g/mol. The minimum atomic E-state index is -0.985. The zero-order valence-corrected chi connectivity index (χ0v) is 15.5. The number of carbonyl (C=O) groups is 2. The molecule has 0 aliphatic rings. The minimum absolute atomic E-state index is 0.173. The second-order valence-electron chi connectivity index (χ2n) is 6.32. The van der Waals surface area contributed by atoms with Crippen molar-refractivity contribution in [2.75, 3.05) is 7.11 Å². The third-order valence-electron chi connectivity index (χ3n) is 4.41. The van der Waals surface area contributed by atoms with Crippen LogP contribution in [-0.4, -0.2) is 39.5 Å². The van der Waals surface area contributed by atoms with E-state index in [0.717, 1.165) is 39.4 Å². The number of para-hydroxylation sites is 1. The molecule has 0 spiro atoms. The Morgan fingerprint density at radius 1 is 1.28 bits per heavy atom. The van der Waals surface area contributed by atoms with Gasteiger partial charge in [-0.15, -0.1) is 0 Å². The molecule has 10 nitrogen and oxygen atoms in total. The highest BCUT2D eigenvalue weighted by Crippen LogP contribution is 2.19. The molecule has 3 aromatic rings. The second-order valence-corrected chi connectivity index (χ2v) is 6.32. The Morgan fingerprint density at radius 2 is 2.03 bits per heavy atom. The Kier molecular flexibility index (Phi) is 5.72. The number of nitrogens with zero attached hydrogens (tertiary/aromatic N) is 2. The van der Waals surface area contributed by atoms with Gasteiger partial charge in [-0.1, -0.05) is 18.2 Å². The summed E-state index contributed by atoms with van der Waals surface area (Å²) in [5, 5.41) is 14.3. The number of methoxy groups -OCH3 is 1. The van der Waals surface area contributed by atoms with E-state index in [-0.39, 0.29) is 12.1 Å². The minimum Gasteiger partial charge on any atom is -0.467 e. The maximum atomic E-state index is 12.4. The van der Waals surface area contributed by atoms with Gasteiger partial charge >= 0.3 is 5.97 Å². The van der Waals surface area contributed by atoms with Gasteiger partial charge in [0.05, 0.1) is 18.2 Å². The number of pyridine rings is 1. The number of carbonyl (C=O) groups excluding carboxylic acids is 2. The highest BCUT2D eigenvalue weighted by Gasteiger charge is 2.23. The number of H-pyrrole nitrogens is 1. The number of ether oxygens (including phenoxy) is 1. The van der Waals surface area contributed by atoms with Crippen molar-refractivity contribution < 1.29 is 19.2 Å². The van der Waals surface area contributed by atoms with Gasteiger partial charge in [-0.2, -0.15) is 0 Å². The number of aromatic nitrogens is 2. The fraction of sp³-hybridized carbons (Fsp3) is 0.211. The number of hydrogen-bond acceptors (Lipinski definition) is 6. The molecule has 0 aliphatic carbocycles. The molecule has 1 aromatic carbocycles. The van der Waals surface area contributed by atoms with Crippen LogP contribution in [0.15, 0.2) is 53.6 Å². The average Bonchev–Trinajstić information content (AvgIpc) is 3.11. The van der Waals surface area contributed by atoms with Crippen molar-refractivity contribution in [1.82, 2.24) is 14.9 Å². The standard InChI is InChI=1S/C19H18N4O6/c1-29-19(26)16(8-12-9-20-15-5-3-2-4-14(12)15)21-17(24)11-22-10-13(23(27)28)6-7-18(22)25/h2-7,9-10,16,20H,8,11H2,1H3,(H,21,24)/t16-/m1/s1. The van der Waals surface area contributed by atoms with Crippen LogP contribution < -0.4 is 10.9 Å². The van der Waals surface area contributed by atoms with Crippen LogP contribution in [0.4, 0.5) is 5.69 Å². The van der Waals surface area contributed by atoms with Gasteiger partial charge in [0, 0.05) is 35.7 Å². The Hall–Kier alpha value is -3.95. The molecule has 0 radical (unpaired) electrons. The summed E-state index contributed by atoms with van der Waals surface area (Å²) in [6.45, 7) is -0.470. The first-order chi connectivity index (χ1) is 13.9. The third kappa shape index (κ3) is 4.49. The molecule has 0 aliphatic heterocycles. The summed E-state index contributed by atoms with van der Waals surface area (Å²) in [5.74, 6) is -1.29. The van der Waals surface area contributed by atoms with Crippen molar-refractivity contribution in [3.8, 4) is 0 Å². The van der Waals surface area contributed by atoms with E-state index in [1.165, 1.54) is 7.11 Å². The largest absolute Gasteiger partial charge is 0.467 e. The molecule has 2 N–H and O–H groups in total. The van der Waals surface area contributed by atoms with E-state index in [0.29, 0.717) is 0 Å². The fourth-order valence-electron chi connectivity index (χ4n) is 3.00. The number of nitrogens with one attached hydrogen (secondary N) is 2. The molecule has 0 saturated heterocycles. The fourth-order valence-corrected chi connectivity index (χ4v) is 3.00. The van der Waals surface area contributed by atoms with Crippen LogP contribution in [0.3, 0.4) is 0 Å². The lowest BCUT2D eigenvalue weighted by atomic mass is 10.0. The van der Waals surface area contributed by atoms with Crippen molar-refractivity contribution in [1.29, 1.82) is 0 Å². The van der Waals surface area contributed by atoms with Gasteiger partial charge in [-0.05, 0) is 11.6 Å². The first-order valence-electron chi connectivity index (χ1n) is 8.66. The van der Waals surface area contributed by atoms with E-state index < -0.39 is 34.9 Å². The van der Waals surface area contributed by atoms with E-state index in [4.69, 9.17) is 4.74 Å². The summed E-state index contributed by atoms with van der Waals surface area (Å²) in [6, 6.07) is 8.60. The van der Waals surface area contributed by atoms with Crippen LogP contribution in [-0.2, 0) is 27.3 Å². The normalized spacial score (nSPS) is 11.8. The summed E-state index contributed by atoms with van der Waals surface area (Å²) in [4.78, 5) is 49.7. The summed E-state index contributed by atoms with van der Waals surface area (Å²) >= 11 is 0. The number of benzene rings is 1. The van der Waals surface area contributed by atoms with Crippen molar-refractivity contribution in [3.05, 3.63) is 74.8 Å². The van der Waals surface area contributed by atoms with Gasteiger partial charge in [0.2, 0.25) is 5.91 Å². The Labute approximate surface area is 164 Å². The van der Waals surface area contributed by atoms with Crippen molar-refractivity contribution in [2.24, 2.45) is 0 Å². The maximum Gasteiger partial charge on any atom is 0.328 e. The molecule has 0 fully saturated rings. The highest BCUT2D eigenvalue weighted by atomic mass is 16.6. The average molecular weight is 398 g/mol. The lowest BCUT2D eigenvalue weighted by molar-refractivity contribution is -0.385. The number of fused-ring (bicyclic) bond motifs is 1. The number of rotatable bonds is 7. The van der Waals surface area contributed by atoms with E-state index in [9.17, 15) is 24.5 Å². The van der Waals surface area contributed by atoms with E-state index in [1.54, 1.807) is 6.20 Å². The summed E-state index contributed by atoms with van der Waals surface area (Å²) in [6.07, 6.45) is 2.90. The SMILES string of the molecule is COC(=O)[C@@H](Cc1c[nH]c2ccccc12)NC(=O)Cn1cc([N+](=O)[O-])ccc1=O. The molecule has 1 amide bonds. The van der Waals surface area contributed by atoms with Crippen molar-refractivity contribution in [3.63, 3.8) is 0 Å². The molecule has 10 heteroatoms. The highest BCUT2D eigenvalue weighted by molar-refractivity contribution is 5.87. The molecular formula is C19H18N4O6. The first kappa shape index (κ1) is 19.8. The zero-order chi connectivity index (χ0) is 21.0. The topological polar surface area (TPSA) is 136 Å². The molecule has 150 valence electrons. The Balaban J connectivity index is 1.78. The van der Waals surface area contributed by atoms with Crippen molar-refractivity contribution in [2.45, 2.75) is 19.0 Å². The van der Waals surface area contributed by atoms with Gasteiger partial charge in [-0.3, -0.25) is 24.3 Å². The summed E-state index contributed by atoms with van der Waals surface area (Å²) in [5.41, 5.74) is 0.808. The number of amides is 1. The second kappa shape index (κ2) is 8.38. The predicted molar refractivity (Wildman–Crippen MR) is 103 cm³/mol. The van der Waals surface area contributed by atoms with Crippen molar-refractivity contribution >= 4 is 28.5 Å². The maximum absolute atomic E-state index is 12.4. The molecule has 2 heterocycles. The van der Waals surface area contributed by atoms with Crippen LogP contribution in [0.5, 0.6) is 0 Å². The molecule has 1 atom stereocenters. The predicted octanol–water partition coefficient (Wildman–Crippen LogP) is 1.14. The van der Waals surface area contributed by atoms with Crippen LogP contribution in [0.25, 0.3) is 10.9 Å². The summed E-state index contributed by atoms with van der Waals surface area (Å²) in [7, 11) is 1.21. The lowest BCUT2D eigenvalue weighted by Gasteiger charge is -2.16. The summed E-state index contributed by atoms with van der Waals surface area (Å²) < 4.78 is 5.69. The quantitative estimate of drug-likeness (QED) is 0.348. The van der Waals surface area contributed by atoms with Crippen LogP contribution >= 0.6 is 0 Å². The van der Waals surface area contributed by atoms with Gasteiger partial charge < -0.3 is 15.0 Å². The number of esters is 1. The van der Waals surface area contributed by atoms with Crippen LogP contribution in [0, 0.1) is 10.1 Å². The number of hydrogen-bond donors (Lipinski definition) is 2. The first-order valence-corrected chi connectivity index (χ1v) is 8.66. The van der Waals surface area contributed by atoms with E-state index in [1.807, 2.05) is 24.3 Å². The monoisotopic (exact) mass is 398 g/mol.